The molecule has 94 valence electrons. The van der Waals surface area contributed by atoms with E-state index < -0.39 is 0 Å². The Hall–Kier alpha value is -2.42. The minimum absolute atomic E-state index is 0.109. The second-order valence-electron chi connectivity index (χ2n) is 4.38. The number of hydrogen-bond acceptors (Lipinski definition) is 2. The molecular formula is C16H11FO2. The van der Waals surface area contributed by atoms with Gasteiger partial charge in [0.25, 0.3) is 0 Å². The highest BCUT2D eigenvalue weighted by Crippen LogP contribution is 2.21. The fraction of sp³-hybridized carbons (Fsp3) is 0.0625. The first-order valence-corrected chi connectivity index (χ1v) is 5.98. The number of carbonyl (C=O) groups excluding carboxylic acids is 1. The Labute approximate surface area is 109 Å². The van der Waals surface area contributed by atoms with Gasteiger partial charge in [-0.15, -0.1) is 0 Å². The summed E-state index contributed by atoms with van der Waals surface area (Å²) in [6.07, 6.45) is 0.281. The number of Topliss-reactive ketones (excluding diaryl/α,β-unsaturated/α-hetero) is 1. The maximum atomic E-state index is 13.1. The largest absolute Gasteiger partial charge is 0.453 e. The van der Waals surface area contributed by atoms with E-state index in [2.05, 4.69) is 0 Å². The number of furan rings is 1. The van der Waals surface area contributed by atoms with Gasteiger partial charge in [0.15, 0.2) is 5.76 Å². The third-order valence-corrected chi connectivity index (χ3v) is 2.96. The molecule has 3 heteroatoms. The van der Waals surface area contributed by atoms with Crippen molar-refractivity contribution in [1.29, 1.82) is 0 Å². The molecule has 0 saturated heterocycles. The lowest BCUT2D eigenvalue weighted by Crippen LogP contribution is -2.01. The number of carbonyl (C=O) groups is 1. The van der Waals surface area contributed by atoms with Gasteiger partial charge in [0, 0.05) is 11.8 Å². The molecule has 0 spiro atoms. The van der Waals surface area contributed by atoms with Crippen molar-refractivity contribution in [2.75, 3.05) is 0 Å². The zero-order valence-corrected chi connectivity index (χ0v) is 10.1. The van der Waals surface area contributed by atoms with Gasteiger partial charge in [-0.2, -0.15) is 0 Å². The predicted octanol–water partition coefficient (Wildman–Crippen LogP) is 4.00. The van der Waals surface area contributed by atoms with Crippen molar-refractivity contribution in [2.24, 2.45) is 0 Å². The monoisotopic (exact) mass is 254 g/mol. The number of halogens is 1. The van der Waals surface area contributed by atoms with E-state index in [1.165, 1.54) is 18.2 Å². The van der Waals surface area contributed by atoms with Gasteiger partial charge in [0.1, 0.15) is 11.4 Å². The highest BCUT2D eigenvalue weighted by Gasteiger charge is 2.13. The molecule has 0 aliphatic heterocycles. The van der Waals surface area contributed by atoms with Gasteiger partial charge >= 0.3 is 0 Å². The average molecular weight is 254 g/mol. The SMILES string of the molecule is O=C(Cc1ccccc1)c1cc2cc(F)ccc2o1. The maximum Gasteiger partial charge on any atom is 0.202 e. The lowest BCUT2D eigenvalue weighted by Gasteiger charge is -1.97. The van der Waals surface area contributed by atoms with Crippen molar-refractivity contribution in [3.63, 3.8) is 0 Å². The van der Waals surface area contributed by atoms with Crippen LogP contribution >= 0.6 is 0 Å². The van der Waals surface area contributed by atoms with Crippen LogP contribution in [0.25, 0.3) is 11.0 Å². The number of fused-ring (bicyclic) bond motifs is 1. The first kappa shape index (κ1) is 11.7. The van der Waals surface area contributed by atoms with Gasteiger partial charge in [-0.05, 0) is 29.8 Å². The lowest BCUT2D eigenvalue weighted by atomic mass is 10.1. The normalized spacial score (nSPS) is 10.8. The van der Waals surface area contributed by atoms with Gasteiger partial charge in [-0.1, -0.05) is 30.3 Å². The average Bonchev–Trinajstić information content (AvgIpc) is 2.83. The van der Waals surface area contributed by atoms with Gasteiger partial charge in [-0.25, -0.2) is 4.39 Å². The quantitative estimate of drug-likeness (QED) is 0.661. The van der Waals surface area contributed by atoms with Crippen LogP contribution in [0.15, 0.2) is 59.0 Å². The minimum atomic E-state index is -0.338. The minimum Gasteiger partial charge on any atom is -0.453 e. The molecule has 2 aromatic carbocycles. The van der Waals surface area contributed by atoms with E-state index in [4.69, 9.17) is 4.42 Å². The summed E-state index contributed by atoms with van der Waals surface area (Å²) in [7, 11) is 0. The highest BCUT2D eigenvalue weighted by molar-refractivity contribution is 5.98. The molecule has 3 rings (SSSR count). The fourth-order valence-corrected chi connectivity index (χ4v) is 2.02. The van der Waals surface area contributed by atoms with Crippen molar-refractivity contribution in [1.82, 2.24) is 0 Å². The fourth-order valence-electron chi connectivity index (χ4n) is 2.02. The van der Waals surface area contributed by atoms with Crippen molar-refractivity contribution in [3.8, 4) is 0 Å². The van der Waals surface area contributed by atoms with Gasteiger partial charge in [0.05, 0.1) is 0 Å². The third-order valence-electron chi connectivity index (χ3n) is 2.96. The third kappa shape index (κ3) is 2.40. The molecule has 19 heavy (non-hydrogen) atoms. The van der Waals surface area contributed by atoms with E-state index in [0.29, 0.717) is 11.0 Å². The molecule has 0 N–H and O–H groups in total. The maximum absolute atomic E-state index is 13.1. The van der Waals surface area contributed by atoms with Crippen molar-refractivity contribution < 1.29 is 13.6 Å². The first-order chi connectivity index (χ1) is 9.22. The molecule has 0 unspecified atom stereocenters. The molecule has 1 aromatic heterocycles. The molecule has 0 radical (unpaired) electrons. The zero-order chi connectivity index (χ0) is 13.2. The summed E-state index contributed by atoms with van der Waals surface area (Å²) in [6, 6.07) is 15.2. The summed E-state index contributed by atoms with van der Waals surface area (Å²) < 4.78 is 18.5. The Morgan fingerprint density at radius 3 is 2.63 bits per heavy atom. The smallest absolute Gasteiger partial charge is 0.202 e. The molecule has 0 amide bonds. The Kier molecular flexibility index (Phi) is 2.88. The lowest BCUT2D eigenvalue weighted by molar-refractivity contribution is 0.0968. The summed E-state index contributed by atoms with van der Waals surface area (Å²) in [6.45, 7) is 0. The van der Waals surface area contributed by atoms with Crippen LogP contribution in [0.2, 0.25) is 0 Å². The molecule has 0 saturated carbocycles. The predicted molar refractivity (Wildman–Crippen MR) is 70.6 cm³/mol. The van der Waals surface area contributed by atoms with Crippen LogP contribution in [0.1, 0.15) is 16.1 Å². The second-order valence-corrected chi connectivity index (χ2v) is 4.38. The van der Waals surface area contributed by atoms with Crippen LogP contribution < -0.4 is 0 Å². The van der Waals surface area contributed by atoms with E-state index in [1.54, 1.807) is 6.07 Å². The molecule has 3 aromatic rings. The Bertz CT molecular complexity index is 729. The van der Waals surface area contributed by atoms with Crippen molar-refractivity contribution in [3.05, 3.63) is 71.7 Å². The van der Waals surface area contributed by atoms with Crippen molar-refractivity contribution in [2.45, 2.75) is 6.42 Å². The molecule has 2 nitrogen and oxygen atoms in total. The standard InChI is InChI=1S/C16H11FO2/c17-13-6-7-15-12(9-13)10-16(19-15)14(18)8-11-4-2-1-3-5-11/h1-7,9-10H,8H2. The molecule has 0 aliphatic carbocycles. The summed E-state index contributed by atoms with van der Waals surface area (Å²) in [5.74, 6) is -0.178. The summed E-state index contributed by atoms with van der Waals surface area (Å²) >= 11 is 0. The molecule has 0 atom stereocenters. The van der Waals surface area contributed by atoms with Gasteiger partial charge < -0.3 is 4.42 Å². The Morgan fingerprint density at radius 2 is 1.84 bits per heavy atom. The van der Waals surface area contributed by atoms with Crippen LogP contribution in [-0.4, -0.2) is 5.78 Å². The summed E-state index contributed by atoms with van der Waals surface area (Å²) in [4.78, 5) is 12.1. The van der Waals surface area contributed by atoms with Crippen LogP contribution in [0.5, 0.6) is 0 Å². The van der Waals surface area contributed by atoms with E-state index in [9.17, 15) is 9.18 Å². The van der Waals surface area contributed by atoms with E-state index >= 15 is 0 Å². The van der Waals surface area contributed by atoms with E-state index in [0.717, 1.165) is 5.56 Å². The number of ketones is 1. The van der Waals surface area contributed by atoms with Crippen molar-refractivity contribution >= 4 is 16.8 Å². The number of rotatable bonds is 3. The molecule has 0 fully saturated rings. The van der Waals surface area contributed by atoms with E-state index in [1.807, 2.05) is 30.3 Å². The Balaban J connectivity index is 1.89. The van der Waals surface area contributed by atoms with E-state index in [-0.39, 0.29) is 23.8 Å². The summed E-state index contributed by atoms with van der Waals surface area (Å²) in [5.41, 5.74) is 1.46. The summed E-state index contributed by atoms with van der Waals surface area (Å²) in [5, 5.41) is 0.608. The highest BCUT2D eigenvalue weighted by atomic mass is 19.1. The van der Waals surface area contributed by atoms with Gasteiger partial charge in [-0.3, -0.25) is 4.79 Å². The van der Waals surface area contributed by atoms with Crippen LogP contribution in [-0.2, 0) is 6.42 Å². The van der Waals surface area contributed by atoms with Crippen LogP contribution in [0.3, 0.4) is 0 Å². The Morgan fingerprint density at radius 1 is 1.05 bits per heavy atom. The number of benzene rings is 2. The zero-order valence-electron chi connectivity index (χ0n) is 10.1. The second kappa shape index (κ2) is 4.69. The molecule has 0 bridgehead atoms. The first-order valence-electron chi connectivity index (χ1n) is 5.98. The van der Waals surface area contributed by atoms with Crippen LogP contribution in [0.4, 0.5) is 4.39 Å². The molecular weight excluding hydrogens is 243 g/mol. The molecule has 0 aliphatic rings. The van der Waals surface area contributed by atoms with Crippen LogP contribution in [0, 0.1) is 5.82 Å². The molecule has 1 heterocycles. The number of hydrogen-bond donors (Lipinski definition) is 0. The topological polar surface area (TPSA) is 30.2 Å². The van der Waals surface area contributed by atoms with Gasteiger partial charge in [0.2, 0.25) is 5.78 Å².